The van der Waals surface area contributed by atoms with Crippen LogP contribution in [0.5, 0.6) is 0 Å². The standard InChI is InChI=1S/C23H18F3N3O2/c1-13(29-21(30)17-4-2-3-5-18(17)22(29)31)14-6-8-15(9-7-14)19-10-20(23(24,25)26)28-12-16(19)11-27/h2-10,12-13H,11,27H2,1H3/t13-/m1/s1. The van der Waals surface area contributed by atoms with Gasteiger partial charge in [-0.05, 0) is 47.4 Å². The van der Waals surface area contributed by atoms with E-state index in [-0.39, 0.29) is 18.4 Å². The van der Waals surface area contributed by atoms with E-state index < -0.39 is 17.9 Å². The fraction of sp³-hybridized carbons (Fsp3) is 0.174. The van der Waals surface area contributed by atoms with Crippen LogP contribution in [0, 0.1) is 0 Å². The normalized spacial score (nSPS) is 14.7. The summed E-state index contributed by atoms with van der Waals surface area (Å²) in [6.45, 7) is 1.77. The van der Waals surface area contributed by atoms with Crippen molar-refractivity contribution >= 4 is 11.8 Å². The molecule has 5 nitrogen and oxygen atoms in total. The lowest BCUT2D eigenvalue weighted by molar-refractivity contribution is -0.141. The van der Waals surface area contributed by atoms with E-state index >= 15 is 0 Å². The number of nitrogens with zero attached hydrogens (tertiary/aromatic N) is 2. The number of rotatable bonds is 4. The minimum atomic E-state index is -4.57. The molecule has 158 valence electrons. The fourth-order valence-corrected chi connectivity index (χ4v) is 3.72. The number of amides is 2. The van der Waals surface area contributed by atoms with Crippen molar-refractivity contribution in [2.45, 2.75) is 25.7 Å². The summed E-state index contributed by atoms with van der Waals surface area (Å²) in [5, 5.41) is 0. The fourth-order valence-electron chi connectivity index (χ4n) is 3.72. The molecule has 1 atom stereocenters. The molecular formula is C23H18F3N3O2. The number of halogens is 3. The van der Waals surface area contributed by atoms with Gasteiger partial charge in [-0.3, -0.25) is 19.5 Å². The van der Waals surface area contributed by atoms with Gasteiger partial charge in [0.25, 0.3) is 11.8 Å². The maximum atomic E-state index is 13.1. The van der Waals surface area contributed by atoms with Crippen LogP contribution in [0.15, 0.2) is 60.8 Å². The number of nitrogens with two attached hydrogens (primary N) is 1. The number of carbonyl (C=O) groups is 2. The van der Waals surface area contributed by atoms with Crippen LogP contribution >= 0.6 is 0 Å². The number of fused-ring (bicyclic) bond motifs is 1. The third kappa shape index (κ3) is 3.59. The lowest BCUT2D eigenvalue weighted by atomic mass is 9.97. The maximum Gasteiger partial charge on any atom is 0.433 e. The summed E-state index contributed by atoms with van der Waals surface area (Å²) in [5.41, 5.74) is 7.43. The van der Waals surface area contributed by atoms with Crippen LogP contribution in [0.1, 0.15) is 50.5 Å². The highest BCUT2D eigenvalue weighted by Gasteiger charge is 2.38. The van der Waals surface area contributed by atoms with Crippen LogP contribution in [0.25, 0.3) is 11.1 Å². The van der Waals surface area contributed by atoms with Crippen molar-refractivity contribution < 1.29 is 22.8 Å². The molecule has 2 heterocycles. The molecule has 0 saturated carbocycles. The van der Waals surface area contributed by atoms with Gasteiger partial charge < -0.3 is 5.73 Å². The minimum Gasteiger partial charge on any atom is -0.326 e. The largest absolute Gasteiger partial charge is 0.433 e. The highest BCUT2D eigenvalue weighted by molar-refractivity contribution is 6.21. The summed E-state index contributed by atoms with van der Waals surface area (Å²) in [6, 6.07) is 13.7. The molecule has 0 bridgehead atoms. The molecule has 2 N–H and O–H groups in total. The van der Waals surface area contributed by atoms with Gasteiger partial charge in [-0.1, -0.05) is 36.4 Å². The van der Waals surface area contributed by atoms with E-state index in [9.17, 15) is 22.8 Å². The molecule has 1 aliphatic heterocycles. The molecule has 0 aliphatic carbocycles. The van der Waals surface area contributed by atoms with Gasteiger partial charge in [-0.25, -0.2) is 0 Å². The molecule has 3 aromatic rings. The van der Waals surface area contributed by atoms with E-state index in [1.165, 1.54) is 4.90 Å². The predicted molar refractivity (Wildman–Crippen MR) is 108 cm³/mol. The number of aromatic nitrogens is 1. The van der Waals surface area contributed by atoms with Crippen molar-refractivity contribution in [1.82, 2.24) is 9.88 Å². The topological polar surface area (TPSA) is 76.3 Å². The smallest absolute Gasteiger partial charge is 0.326 e. The zero-order valence-corrected chi connectivity index (χ0v) is 16.5. The average molecular weight is 425 g/mol. The number of benzene rings is 2. The lowest BCUT2D eigenvalue weighted by Gasteiger charge is -2.23. The van der Waals surface area contributed by atoms with Gasteiger partial charge in [0.05, 0.1) is 17.2 Å². The van der Waals surface area contributed by atoms with E-state index in [1.807, 2.05) is 0 Å². The Labute approximate surface area is 176 Å². The third-order valence-electron chi connectivity index (χ3n) is 5.41. The molecule has 2 aromatic carbocycles. The summed E-state index contributed by atoms with van der Waals surface area (Å²) in [4.78, 5) is 30.1. The molecule has 1 aromatic heterocycles. The molecule has 1 aliphatic rings. The van der Waals surface area contributed by atoms with Crippen LogP contribution in [0.3, 0.4) is 0 Å². The van der Waals surface area contributed by atoms with Crippen molar-refractivity contribution in [3.63, 3.8) is 0 Å². The molecule has 31 heavy (non-hydrogen) atoms. The van der Waals surface area contributed by atoms with Crippen molar-refractivity contribution in [2.75, 3.05) is 0 Å². The number of pyridine rings is 1. The number of hydrogen-bond acceptors (Lipinski definition) is 4. The second-order valence-corrected chi connectivity index (χ2v) is 7.25. The molecule has 8 heteroatoms. The van der Waals surface area contributed by atoms with Gasteiger partial charge in [-0.2, -0.15) is 13.2 Å². The van der Waals surface area contributed by atoms with Gasteiger partial charge >= 0.3 is 6.18 Å². The first-order valence-electron chi connectivity index (χ1n) is 9.55. The Balaban J connectivity index is 1.65. The number of imide groups is 1. The minimum absolute atomic E-state index is 0.0354. The highest BCUT2D eigenvalue weighted by Crippen LogP contribution is 2.34. The van der Waals surface area contributed by atoms with Crippen molar-refractivity contribution in [2.24, 2.45) is 5.73 Å². The summed E-state index contributed by atoms with van der Waals surface area (Å²) >= 11 is 0. The van der Waals surface area contributed by atoms with Gasteiger partial charge in [-0.15, -0.1) is 0 Å². The summed E-state index contributed by atoms with van der Waals surface area (Å²) in [5.74, 6) is -0.738. The second-order valence-electron chi connectivity index (χ2n) is 7.25. The molecule has 0 unspecified atom stereocenters. The second kappa shape index (κ2) is 7.63. The quantitative estimate of drug-likeness (QED) is 0.621. The van der Waals surface area contributed by atoms with Crippen molar-refractivity contribution in [3.05, 3.63) is 88.7 Å². The Hall–Kier alpha value is -3.52. The molecule has 0 fully saturated rings. The Morgan fingerprint density at radius 3 is 2.06 bits per heavy atom. The highest BCUT2D eigenvalue weighted by atomic mass is 19.4. The number of carbonyl (C=O) groups excluding carboxylic acids is 2. The SMILES string of the molecule is C[C@H](c1ccc(-c2cc(C(F)(F)F)ncc2CN)cc1)N1C(=O)c2ccccc2C1=O. The van der Waals surface area contributed by atoms with Gasteiger partial charge in [0.2, 0.25) is 0 Å². The number of alkyl halides is 3. The van der Waals surface area contributed by atoms with E-state index in [4.69, 9.17) is 5.73 Å². The molecule has 0 spiro atoms. The molecular weight excluding hydrogens is 407 g/mol. The maximum absolute atomic E-state index is 13.1. The van der Waals surface area contributed by atoms with Crippen molar-refractivity contribution in [1.29, 1.82) is 0 Å². The van der Waals surface area contributed by atoms with Gasteiger partial charge in [0.15, 0.2) is 0 Å². The summed E-state index contributed by atoms with van der Waals surface area (Å²) in [7, 11) is 0. The molecule has 0 radical (unpaired) electrons. The van der Waals surface area contributed by atoms with Crippen LogP contribution in [-0.4, -0.2) is 21.7 Å². The monoisotopic (exact) mass is 425 g/mol. The Morgan fingerprint density at radius 1 is 0.968 bits per heavy atom. The molecule has 0 saturated heterocycles. The summed E-state index contributed by atoms with van der Waals surface area (Å²) in [6.07, 6.45) is -3.44. The predicted octanol–water partition coefficient (Wildman–Crippen LogP) is 4.58. The molecule has 2 amide bonds. The van der Waals surface area contributed by atoms with E-state index in [0.29, 0.717) is 33.4 Å². The summed E-state index contributed by atoms with van der Waals surface area (Å²) < 4.78 is 39.3. The van der Waals surface area contributed by atoms with Crippen LogP contribution in [-0.2, 0) is 12.7 Å². The van der Waals surface area contributed by atoms with E-state index in [2.05, 4.69) is 4.98 Å². The Bertz CT molecular complexity index is 1140. The first kappa shape index (κ1) is 20.7. The van der Waals surface area contributed by atoms with Crippen molar-refractivity contribution in [3.8, 4) is 11.1 Å². The average Bonchev–Trinajstić information content (AvgIpc) is 3.02. The van der Waals surface area contributed by atoms with E-state index in [1.54, 1.807) is 55.5 Å². The zero-order chi connectivity index (χ0) is 22.3. The van der Waals surface area contributed by atoms with Crippen LogP contribution < -0.4 is 5.73 Å². The van der Waals surface area contributed by atoms with Crippen LogP contribution in [0.2, 0.25) is 0 Å². The van der Waals surface area contributed by atoms with Gasteiger partial charge in [0, 0.05) is 12.7 Å². The lowest BCUT2D eigenvalue weighted by Crippen LogP contribution is -2.32. The number of hydrogen-bond donors (Lipinski definition) is 1. The van der Waals surface area contributed by atoms with E-state index in [0.717, 1.165) is 12.3 Å². The first-order valence-corrected chi connectivity index (χ1v) is 9.55. The Morgan fingerprint density at radius 2 is 1.55 bits per heavy atom. The third-order valence-corrected chi connectivity index (χ3v) is 5.41. The first-order chi connectivity index (χ1) is 14.7. The zero-order valence-electron chi connectivity index (χ0n) is 16.5. The Kier molecular flexibility index (Phi) is 5.10. The van der Waals surface area contributed by atoms with Crippen LogP contribution in [0.4, 0.5) is 13.2 Å². The van der Waals surface area contributed by atoms with Gasteiger partial charge in [0.1, 0.15) is 5.69 Å². The molecule has 4 rings (SSSR count).